The van der Waals surface area contributed by atoms with Crippen molar-refractivity contribution < 1.29 is 13.6 Å². The van der Waals surface area contributed by atoms with E-state index in [0.29, 0.717) is 51.5 Å². The third-order valence-electron chi connectivity index (χ3n) is 6.92. The molecule has 0 radical (unpaired) electrons. The number of hydrogen-bond donors (Lipinski definition) is 3. The second-order valence-electron chi connectivity index (χ2n) is 9.61. The highest BCUT2D eigenvalue weighted by Gasteiger charge is 2.30. The minimum Gasteiger partial charge on any atom is -0.380 e. The Morgan fingerprint density at radius 1 is 0.974 bits per heavy atom. The molecule has 1 aliphatic carbocycles. The van der Waals surface area contributed by atoms with Crippen molar-refractivity contribution in [3.8, 4) is 22.4 Å². The fourth-order valence-corrected chi connectivity index (χ4v) is 4.79. The smallest absolute Gasteiger partial charge is 0.227 e. The van der Waals surface area contributed by atoms with E-state index in [2.05, 4.69) is 30.6 Å². The van der Waals surface area contributed by atoms with Gasteiger partial charge in [-0.05, 0) is 36.6 Å². The Hall–Kier alpha value is -4.99. The Morgan fingerprint density at radius 2 is 1.79 bits per heavy atom. The van der Waals surface area contributed by atoms with Crippen LogP contribution in [0.2, 0.25) is 0 Å². The molecule has 0 saturated heterocycles. The lowest BCUT2D eigenvalue weighted by Gasteiger charge is -2.20. The number of pyridine rings is 3. The second kappa shape index (κ2) is 9.09. The van der Waals surface area contributed by atoms with Gasteiger partial charge in [-0.1, -0.05) is 18.2 Å². The number of anilines is 2. The highest BCUT2D eigenvalue weighted by molar-refractivity contribution is 5.96. The van der Waals surface area contributed by atoms with Crippen LogP contribution in [-0.2, 0) is 4.79 Å². The minimum absolute atomic E-state index is 0.0358. The summed E-state index contributed by atoms with van der Waals surface area (Å²) in [5, 5.41) is 6.02. The predicted molar refractivity (Wildman–Crippen MR) is 144 cm³/mol. The van der Waals surface area contributed by atoms with E-state index in [1.807, 2.05) is 6.08 Å². The van der Waals surface area contributed by atoms with Crippen LogP contribution in [0.4, 0.5) is 20.2 Å². The first kappa shape index (κ1) is 23.2. The van der Waals surface area contributed by atoms with Gasteiger partial charge in [-0.3, -0.25) is 19.7 Å². The van der Waals surface area contributed by atoms with Crippen molar-refractivity contribution in [3.63, 3.8) is 0 Å². The fourth-order valence-electron chi connectivity index (χ4n) is 4.79. The monoisotopic (exact) mass is 521 g/mol. The molecule has 4 aromatic heterocycles. The van der Waals surface area contributed by atoms with Crippen LogP contribution >= 0.6 is 0 Å². The molecule has 0 spiro atoms. The van der Waals surface area contributed by atoms with E-state index in [1.54, 1.807) is 36.8 Å². The van der Waals surface area contributed by atoms with E-state index in [0.717, 1.165) is 24.0 Å². The summed E-state index contributed by atoms with van der Waals surface area (Å²) in [5.74, 6) is -0.404. The summed E-state index contributed by atoms with van der Waals surface area (Å²) in [4.78, 5) is 33.2. The molecule has 0 bridgehead atoms. The zero-order valence-electron chi connectivity index (χ0n) is 20.5. The molecular weight excluding hydrogens is 500 g/mol. The maximum absolute atomic E-state index is 16.2. The molecule has 1 amide bonds. The molecular formula is C29H21F2N7O. The van der Waals surface area contributed by atoms with E-state index in [-0.39, 0.29) is 23.3 Å². The summed E-state index contributed by atoms with van der Waals surface area (Å²) in [5.41, 5.74) is 5.32. The number of nitrogens with one attached hydrogen (secondary N) is 3. The van der Waals surface area contributed by atoms with Crippen LogP contribution < -0.4 is 10.6 Å². The van der Waals surface area contributed by atoms with Crippen LogP contribution in [0.3, 0.4) is 0 Å². The largest absolute Gasteiger partial charge is 0.380 e. The Kier molecular flexibility index (Phi) is 5.39. The van der Waals surface area contributed by atoms with Crippen LogP contribution in [0.1, 0.15) is 24.2 Å². The molecule has 1 saturated carbocycles. The van der Waals surface area contributed by atoms with Gasteiger partial charge in [0.2, 0.25) is 5.91 Å². The Balaban J connectivity index is 1.29. The van der Waals surface area contributed by atoms with Crippen molar-refractivity contribution in [2.45, 2.75) is 12.8 Å². The number of hydrogen-bond acceptors (Lipinski definition) is 6. The molecule has 5 heterocycles. The van der Waals surface area contributed by atoms with Gasteiger partial charge in [0.25, 0.3) is 0 Å². The molecule has 0 unspecified atom stereocenters. The number of imidazole rings is 1. The fraction of sp³-hybridized carbons (Fsp3) is 0.138. The number of nitrogens with zero attached hydrogens (tertiary/aromatic N) is 4. The lowest BCUT2D eigenvalue weighted by Crippen LogP contribution is -2.14. The van der Waals surface area contributed by atoms with Gasteiger partial charge in [0.05, 0.1) is 41.0 Å². The molecule has 1 aromatic carbocycles. The number of benzene rings is 1. The number of rotatable bonds is 5. The number of aromatic amines is 1. The summed E-state index contributed by atoms with van der Waals surface area (Å²) in [6, 6.07) is 7.79. The van der Waals surface area contributed by atoms with Gasteiger partial charge in [0, 0.05) is 47.1 Å². The maximum Gasteiger partial charge on any atom is 0.227 e. The predicted octanol–water partition coefficient (Wildman–Crippen LogP) is 5.57. The van der Waals surface area contributed by atoms with Gasteiger partial charge < -0.3 is 15.6 Å². The van der Waals surface area contributed by atoms with Gasteiger partial charge >= 0.3 is 0 Å². The van der Waals surface area contributed by atoms with Crippen LogP contribution in [0.15, 0.2) is 67.4 Å². The molecule has 1 aliphatic heterocycles. The van der Waals surface area contributed by atoms with Crippen LogP contribution in [-0.4, -0.2) is 37.4 Å². The molecule has 10 heteroatoms. The van der Waals surface area contributed by atoms with Gasteiger partial charge in [0.15, 0.2) is 5.82 Å². The van der Waals surface area contributed by atoms with Crippen molar-refractivity contribution in [1.29, 1.82) is 0 Å². The highest BCUT2D eigenvalue weighted by Crippen LogP contribution is 2.38. The minimum atomic E-state index is -0.532. The van der Waals surface area contributed by atoms with Crippen molar-refractivity contribution in [1.82, 2.24) is 24.9 Å². The second-order valence-corrected chi connectivity index (χ2v) is 9.61. The van der Waals surface area contributed by atoms with Crippen molar-refractivity contribution in [3.05, 3.63) is 90.4 Å². The van der Waals surface area contributed by atoms with Crippen LogP contribution in [0.25, 0.3) is 39.0 Å². The molecule has 39 heavy (non-hydrogen) atoms. The van der Waals surface area contributed by atoms with Crippen molar-refractivity contribution in [2.24, 2.45) is 5.92 Å². The van der Waals surface area contributed by atoms with E-state index in [9.17, 15) is 9.18 Å². The van der Waals surface area contributed by atoms with Gasteiger partial charge in [-0.2, -0.15) is 0 Å². The Morgan fingerprint density at radius 3 is 2.62 bits per heavy atom. The topological polar surface area (TPSA) is 108 Å². The van der Waals surface area contributed by atoms with Crippen LogP contribution in [0.5, 0.6) is 0 Å². The van der Waals surface area contributed by atoms with E-state index in [4.69, 9.17) is 4.98 Å². The van der Waals surface area contributed by atoms with E-state index in [1.165, 1.54) is 24.5 Å². The number of aromatic nitrogens is 5. The summed E-state index contributed by atoms with van der Waals surface area (Å²) in [7, 11) is 0. The highest BCUT2D eigenvalue weighted by atomic mass is 19.1. The molecule has 1 fully saturated rings. The van der Waals surface area contributed by atoms with E-state index < -0.39 is 5.82 Å². The summed E-state index contributed by atoms with van der Waals surface area (Å²) in [6.07, 6.45) is 11.6. The SMILES string of the molecule is O=C(Nc1cncc(-c2ncc3c(c2F)C(c2nc4c(-c5ccc(F)cc5)cncc4[nH]2)=CCN3)c1)C1CC1. The molecule has 2 aliphatic rings. The normalized spacial score (nSPS) is 14.5. The molecule has 8 nitrogen and oxygen atoms in total. The molecule has 7 rings (SSSR count). The van der Waals surface area contributed by atoms with Crippen molar-refractivity contribution in [2.75, 3.05) is 17.2 Å². The number of amides is 1. The maximum atomic E-state index is 16.2. The zero-order valence-corrected chi connectivity index (χ0v) is 20.5. The third-order valence-corrected chi connectivity index (χ3v) is 6.92. The summed E-state index contributed by atoms with van der Waals surface area (Å²) in [6.45, 7) is 0.465. The quantitative estimate of drug-likeness (QED) is 0.279. The zero-order chi connectivity index (χ0) is 26.5. The van der Waals surface area contributed by atoms with Gasteiger partial charge in [0.1, 0.15) is 17.3 Å². The Bertz CT molecular complexity index is 1790. The summed E-state index contributed by atoms with van der Waals surface area (Å²) >= 11 is 0. The number of carbonyl (C=O) groups excluding carboxylic acids is 1. The first-order chi connectivity index (χ1) is 19.0. The lowest BCUT2D eigenvalue weighted by molar-refractivity contribution is -0.117. The van der Waals surface area contributed by atoms with Crippen LogP contribution in [0, 0.1) is 17.6 Å². The molecule has 3 N–H and O–H groups in total. The number of carbonyl (C=O) groups is 1. The first-order valence-electron chi connectivity index (χ1n) is 12.5. The number of halogens is 2. The average molecular weight is 522 g/mol. The summed E-state index contributed by atoms with van der Waals surface area (Å²) < 4.78 is 29.7. The van der Waals surface area contributed by atoms with Gasteiger partial charge in [-0.15, -0.1) is 0 Å². The van der Waals surface area contributed by atoms with Gasteiger partial charge in [-0.25, -0.2) is 13.8 Å². The Labute approximate surface area is 221 Å². The lowest BCUT2D eigenvalue weighted by atomic mass is 9.98. The van der Waals surface area contributed by atoms with Crippen molar-refractivity contribution >= 4 is 33.9 Å². The molecule has 0 atom stereocenters. The number of fused-ring (bicyclic) bond motifs is 2. The van der Waals surface area contributed by atoms with E-state index >= 15 is 4.39 Å². The standard InChI is InChI=1S/C29H21F2N7O/c30-18-5-3-15(4-6-18)21-12-33-13-23-27(21)38-28(37-23)20-7-8-34-22-14-35-26(25(31)24(20)22)17-9-19(11-32-10-17)36-29(39)16-1-2-16/h3-7,9-14,16,34H,1-2,8H2,(H,36,39)(H,37,38). The molecule has 5 aromatic rings. The first-order valence-corrected chi connectivity index (χ1v) is 12.5. The third kappa shape index (κ3) is 4.19. The molecule has 192 valence electrons. The number of H-pyrrole nitrogens is 1. The average Bonchev–Trinajstić information content (AvgIpc) is 3.72.